The van der Waals surface area contributed by atoms with Crippen LogP contribution < -0.4 is 0 Å². The maximum Gasteiger partial charge on any atom is 0.232 e. The van der Waals surface area contributed by atoms with E-state index < -0.39 is 0 Å². The SMILES string of the molecule is N#Cc1cccc(CN2CC(c3nc(-c4cccs4)no3)C2)c1. The van der Waals surface area contributed by atoms with E-state index in [1.54, 1.807) is 11.3 Å². The molecule has 114 valence electrons. The number of likely N-dealkylation sites (tertiary alicyclic amines) is 1. The number of aromatic nitrogens is 2. The van der Waals surface area contributed by atoms with E-state index in [0.29, 0.717) is 17.3 Å². The molecule has 23 heavy (non-hydrogen) atoms. The Hall–Kier alpha value is -2.49. The lowest BCUT2D eigenvalue weighted by Crippen LogP contribution is -2.44. The smallest absolute Gasteiger partial charge is 0.232 e. The van der Waals surface area contributed by atoms with Crippen molar-refractivity contribution in [3.63, 3.8) is 0 Å². The van der Waals surface area contributed by atoms with Crippen LogP contribution in [0.25, 0.3) is 10.7 Å². The maximum absolute atomic E-state index is 8.95. The number of rotatable bonds is 4. The van der Waals surface area contributed by atoms with Gasteiger partial charge in [-0.2, -0.15) is 10.2 Å². The molecule has 1 aromatic carbocycles. The van der Waals surface area contributed by atoms with Gasteiger partial charge in [0.15, 0.2) is 0 Å². The average Bonchev–Trinajstić information content (AvgIpc) is 3.21. The first-order valence-electron chi connectivity index (χ1n) is 7.41. The highest BCUT2D eigenvalue weighted by molar-refractivity contribution is 7.13. The molecular weight excluding hydrogens is 308 g/mol. The standard InChI is InChI=1S/C17H14N4OS/c18-8-12-3-1-4-13(7-12)9-21-10-14(11-21)17-19-16(20-22-17)15-5-2-6-23-15/h1-7,14H,9-11H2. The third-order valence-electron chi connectivity index (χ3n) is 3.95. The van der Waals surface area contributed by atoms with Crippen molar-refractivity contribution in [2.24, 2.45) is 0 Å². The second kappa shape index (κ2) is 5.95. The normalized spacial score (nSPS) is 15.3. The number of nitriles is 1. The van der Waals surface area contributed by atoms with Crippen molar-refractivity contribution in [1.82, 2.24) is 15.0 Å². The van der Waals surface area contributed by atoms with Crippen LogP contribution in [0.1, 0.15) is 22.9 Å². The number of nitrogens with zero attached hydrogens (tertiary/aromatic N) is 4. The minimum atomic E-state index is 0.301. The van der Waals surface area contributed by atoms with Gasteiger partial charge in [-0.05, 0) is 29.1 Å². The van der Waals surface area contributed by atoms with Gasteiger partial charge in [0, 0.05) is 19.6 Å². The molecule has 6 heteroatoms. The maximum atomic E-state index is 8.95. The molecule has 0 radical (unpaired) electrons. The molecule has 1 saturated heterocycles. The molecule has 0 spiro atoms. The summed E-state index contributed by atoms with van der Waals surface area (Å²) in [6.07, 6.45) is 0. The molecule has 0 amide bonds. The third-order valence-corrected chi connectivity index (χ3v) is 4.82. The molecule has 1 aliphatic rings. The van der Waals surface area contributed by atoms with Crippen LogP contribution in [-0.2, 0) is 6.54 Å². The molecule has 2 aromatic heterocycles. The summed E-state index contributed by atoms with van der Waals surface area (Å²) in [5.74, 6) is 1.70. The van der Waals surface area contributed by atoms with Crippen molar-refractivity contribution in [3.8, 4) is 16.8 Å². The molecule has 5 nitrogen and oxygen atoms in total. The summed E-state index contributed by atoms with van der Waals surface area (Å²) in [6.45, 7) is 2.66. The summed E-state index contributed by atoms with van der Waals surface area (Å²) in [6, 6.07) is 13.9. The second-order valence-electron chi connectivity index (χ2n) is 5.64. The molecule has 0 saturated carbocycles. The molecule has 0 aliphatic carbocycles. The topological polar surface area (TPSA) is 66.0 Å². The number of hydrogen-bond acceptors (Lipinski definition) is 6. The van der Waals surface area contributed by atoms with Crippen molar-refractivity contribution in [1.29, 1.82) is 5.26 Å². The van der Waals surface area contributed by atoms with Crippen molar-refractivity contribution >= 4 is 11.3 Å². The highest BCUT2D eigenvalue weighted by Crippen LogP contribution is 2.29. The summed E-state index contributed by atoms with van der Waals surface area (Å²) < 4.78 is 5.40. The molecular formula is C17H14N4OS. The number of benzene rings is 1. The molecule has 0 atom stereocenters. The van der Waals surface area contributed by atoms with Gasteiger partial charge in [-0.3, -0.25) is 4.90 Å². The van der Waals surface area contributed by atoms with Crippen molar-refractivity contribution in [2.75, 3.05) is 13.1 Å². The lowest BCUT2D eigenvalue weighted by molar-refractivity contribution is 0.117. The van der Waals surface area contributed by atoms with Crippen LogP contribution in [0, 0.1) is 11.3 Å². The summed E-state index contributed by atoms with van der Waals surface area (Å²) in [7, 11) is 0. The molecule has 1 fully saturated rings. The molecule has 0 N–H and O–H groups in total. The van der Waals surface area contributed by atoms with Gasteiger partial charge in [0.2, 0.25) is 11.7 Å². The van der Waals surface area contributed by atoms with Gasteiger partial charge in [0.25, 0.3) is 0 Å². The second-order valence-corrected chi connectivity index (χ2v) is 6.58. The molecule has 3 aromatic rings. The quantitative estimate of drug-likeness (QED) is 0.737. The van der Waals surface area contributed by atoms with Gasteiger partial charge >= 0.3 is 0 Å². The van der Waals surface area contributed by atoms with Gasteiger partial charge in [0.1, 0.15) is 0 Å². The van der Waals surface area contributed by atoms with Crippen LogP contribution in [0.5, 0.6) is 0 Å². The lowest BCUT2D eigenvalue weighted by Gasteiger charge is -2.37. The Morgan fingerprint density at radius 2 is 2.22 bits per heavy atom. The predicted octanol–water partition coefficient (Wildman–Crippen LogP) is 3.27. The van der Waals surface area contributed by atoms with Gasteiger partial charge in [-0.25, -0.2) is 0 Å². The van der Waals surface area contributed by atoms with Crippen LogP contribution in [0.4, 0.5) is 0 Å². The van der Waals surface area contributed by atoms with Gasteiger partial charge in [0.05, 0.1) is 22.4 Å². The Bertz CT molecular complexity index is 844. The summed E-state index contributed by atoms with van der Waals surface area (Å²) in [5.41, 5.74) is 1.87. The predicted molar refractivity (Wildman–Crippen MR) is 86.8 cm³/mol. The van der Waals surface area contributed by atoms with Crippen LogP contribution in [0.2, 0.25) is 0 Å². The van der Waals surface area contributed by atoms with E-state index in [1.165, 1.54) is 0 Å². The van der Waals surface area contributed by atoms with Crippen LogP contribution in [-0.4, -0.2) is 28.1 Å². The van der Waals surface area contributed by atoms with Crippen molar-refractivity contribution in [3.05, 3.63) is 58.8 Å². The highest BCUT2D eigenvalue weighted by Gasteiger charge is 2.32. The Balaban J connectivity index is 1.37. The van der Waals surface area contributed by atoms with E-state index in [2.05, 4.69) is 27.2 Å². The zero-order valence-electron chi connectivity index (χ0n) is 12.3. The molecule has 1 aliphatic heterocycles. The zero-order chi connectivity index (χ0) is 15.6. The average molecular weight is 322 g/mol. The first-order chi connectivity index (χ1) is 11.3. The molecule has 4 rings (SSSR count). The van der Waals surface area contributed by atoms with E-state index in [1.807, 2.05) is 35.7 Å². The minimum absolute atomic E-state index is 0.301. The monoisotopic (exact) mass is 322 g/mol. The van der Waals surface area contributed by atoms with Crippen molar-refractivity contribution in [2.45, 2.75) is 12.5 Å². The number of thiophene rings is 1. The molecule has 0 unspecified atom stereocenters. The van der Waals surface area contributed by atoms with E-state index in [-0.39, 0.29) is 0 Å². The van der Waals surface area contributed by atoms with Crippen LogP contribution >= 0.6 is 11.3 Å². The first kappa shape index (κ1) is 14.1. The Labute approximate surface area is 137 Å². The first-order valence-corrected chi connectivity index (χ1v) is 8.28. The largest absolute Gasteiger partial charge is 0.339 e. The number of hydrogen-bond donors (Lipinski definition) is 0. The minimum Gasteiger partial charge on any atom is -0.339 e. The van der Waals surface area contributed by atoms with Crippen molar-refractivity contribution < 1.29 is 4.52 Å². The van der Waals surface area contributed by atoms with Gasteiger partial charge < -0.3 is 4.52 Å². The molecule has 0 bridgehead atoms. The van der Waals surface area contributed by atoms with E-state index in [9.17, 15) is 0 Å². The fourth-order valence-corrected chi connectivity index (χ4v) is 3.41. The summed E-state index contributed by atoms with van der Waals surface area (Å²) in [4.78, 5) is 7.85. The summed E-state index contributed by atoms with van der Waals surface area (Å²) >= 11 is 1.61. The van der Waals surface area contributed by atoms with E-state index in [0.717, 1.165) is 36.0 Å². The van der Waals surface area contributed by atoms with Crippen LogP contribution in [0.15, 0.2) is 46.3 Å². The Kier molecular flexibility index (Phi) is 3.66. The van der Waals surface area contributed by atoms with Gasteiger partial charge in [-0.1, -0.05) is 23.4 Å². The Morgan fingerprint density at radius 3 is 3.00 bits per heavy atom. The van der Waals surface area contributed by atoms with E-state index >= 15 is 0 Å². The fourth-order valence-electron chi connectivity index (χ4n) is 2.76. The van der Waals surface area contributed by atoms with Crippen LogP contribution in [0.3, 0.4) is 0 Å². The molecule has 3 heterocycles. The third kappa shape index (κ3) is 2.89. The fraction of sp³-hybridized carbons (Fsp3) is 0.235. The highest BCUT2D eigenvalue weighted by atomic mass is 32.1. The van der Waals surface area contributed by atoms with E-state index in [4.69, 9.17) is 9.78 Å². The lowest BCUT2D eigenvalue weighted by atomic mass is 9.99. The Morgan fingerprint density at radius 1 is 1.30 bits per heavy atom. The van der Waals surface area contributed by atoms with Gasteiger partial charge in [-0.15, -0.1) is 11.3 Å². The zero-order valence-corrected chi connectivity index (χ0v) is 13.2. The summed E-state index contributed by atoms with van der Waals surface area (Å²) in [5, 5.41) is 15.0.